The van der Waals surface area contributed by atoms with E-state index in [1.165, 1.54) is 49.7 Å². The van der Waals surface area contributed by atoms with Gasteiger partial charge < -0.3 is 0 Å². The van der Waals surface area contributed by atoms with E-state index in [1.807, 2.05) is 36.4 Å². The number of hydrogen-bond donors (Lipinski definition) is 0. The Morgan fingerprint density at radius 1 is 0.455 bits per heavy atom. The first-order chi connectivity index (χ1) is 9.80. The monoisotopic (exact) mass is 300 g/mol. The summed E-state index contributed by atoms with van der Waals surface area (Å²) in [6.45, 7) is 4.24. The molecule has 0 unspecified atom stereocenters. The molecule has 0 bridgehead atoms. The van der Waals surface area contributed by atoms with Crippen molar-refractivity contribution in [3.05, 3.63) is 71.8 Å². The van der Waals surface area contributed by atoms with Crippen molar-refractivity contribution >= 4 is 0 Å². The quantitative estimate of drug-likeness (QED) is 0.470. The molecule has 0 amide bonds. The normalized spacial score (nSPS) is 12.1. The molecule has 1 fully saturated rings. The Bertz CT molecular complexity index is 368. The molecule has 124 valence electrons. The molecule has 0 spiro atoms. The maximum Gasteiger partial charge on any atom is -0.0395 e. The van der Waals surface area contributed by atoms with Gasteiger partial charge in [-0.2, -0.15) is 0 Å². The van der Waals surface area contributed by atoms with Crippen molar-refractivity contribution in [3.63, 3.8) is 0 Å². The van der Waals surface area contributed by atoms with Crippen LogP contribution in [0.4, 0.5) is 0 Å². The molecule has 3 rings (SSSR count). The molecule has 2 aromatic rings. The van der Waals surface area contributed by atoms with Gasteiger partial charge in [-0.25, -0.2) is 0 Å². The van der Waals surface area contributed by atoms with Crippen molar-refractivity contribution in [3.8, 4) is 0 Å². The van der Waals surface area contributed by atoms with Crippen LogP contribution in [0.1, 0.15) is 64.5 Å². The molecule has 22 heavy (non-hydrogen) atoms. The highest BCUT2D eigenvalue weighted by Crippen LogP contribution is 2.15. The van der Waals surface area contributed by atoms with Gasteiger partial charge >= 0.3 is 0 Å². The van der Waals surface area contributed by atoms with Gasteiger partial charge in [-0.3, -0.25) is 0 Å². The Morgan fingerprint density at radius 2 is 0.682 bits per heavy atom. The third kappa shape index (κ3) is 12.2. The highest BCUT2D eigenvalue weighted by molar-refractivity contribution is 5.23. The zero-order valence-corrected chi connectivity index (χ0v) is 13.0. The fourth-order valence-corrected chi connectivity index (χ4v) is 2.11. The van der Waals surface area contributed by atoms with E-state index in [2.05, 4.69) is 38.1 Å². The first kappa shape index (κ1) is 22.7. The van der Waals surface area contributed by atoms with Gasteiger partial charge in [-0.15, -0.1) is 0 Å². The van der Waals surface area contributed by atoms with Crippen molar-refractivity contribution in [2.24, 2.45) is 0 Å². The van der Waals surface area contributed by atoms with E-state index in [1.54, 1.807) is 0 Å². The Labute approximate surface area is 139 Å². The molecule has 0 atom stereocenters. The van der Waals surface area contributed by atoms with Crippen LogP contribution in [0.2, 0.25) is 0 Å². The first-order valence-electron chi connectivity index (χ1n) is 7.83. The van der Waals surface area contributed by atoms with Crippen LogP contribution in [0.25, 0.3) is 0 Å². The molecule has 0 heteroatoms. The molecule has 0 radical (unpaired) electrons. The average Bonchev–Trinajstić information content (AvgIpc) is 2.55. The van der Waals surface area contributed by atoms with Crippen molar-refractivity contribution in [1.82, 2.24) is 0 Å². The summed E-state index contributed by atoms with van der Waals surface area (Å²) in [6, 6.07) is 20.4. The lowest BCUT2D eigenvalue weighted by Crippen LogP contribution is -1.85. The summed E-state index contributed by atoms with van der Waals surface area (Å²) in [5.41, 5.74) is 2.74. The lowest BCUT2D eigenvalue weighted by molar-refractivity contribution is 0.504. The third-order valence-electron chi connectivity index (χ3n) is 3.59. The molecule has 1 saturated carbocycles. The van der Waals surface area contributed by atoms with Gasteiger partial charge in [0.15, 0.2) is 0 Å². The van der Waals surface area contributed by atoms with Gasteiger partial charge in [-0.1, -0.05) is 114 Å². The van der Waals surface area contributed by atoms with Crippen LogP contribution in [0.3, 0.4) is 0 Å². The second kappa shape index (κ2) is 15.8. The minimum Gasteiger partial charge on any atom is -0.0776 e. The Kier molecular flexibility index (Phi) is 16.3. The predicted octanol–water partition coefficient (Wildman–Crippen LogP) is 7.60. The molecule has 2 aromatic carbocycles. The third-order valence-corrected chi connectivity index (χ3v) is 3.59. The zero-order chi connectivity index (χ0) is 14.5. The molecular formula is C22H36. The smallest absolute Gasteiger partial charge is 0.0395 e. The van der Waals surface area contributed by atoms with E-state index in [9.17, 15) is 0 Å². The van der Waals surface area contributed by atoms with Crippen molar-refractivity contribution in [1.29, 1.82) is 0 Å². The topological polar surface area (TPSA) is 0 Å². The van der Waals surface area contributed by atoms with Gasteiger partial charge in [0.2, 0.25) is 0 Å². The van der Waals surface area contributed by atoms with Crippen molar-refractivity contribution < 1.29 is 0 Å². The summed E-state index contributed by atoms with van der Waals surface area (Å²) >= 11 is 0. The molecule has 0 saturated heterocycles. The van der Waals surface area contributed by atoms with E-state index in [4.69, 9.17) is 0 Å². The highest BCUT2D eigenvalue weighted by atomic mass is 14.0. The van der Waals surface area contributed by atoms with E-state index in [0.717, 1.165) is 0 Å². The maximum atomic E-state index is 2.12. The molecule has 0 aromatic heterocycles. The lowest BCUT2D eigenvalue weighted by Gasteiger charge is -2.05. The van der Waals surface area contributed by atoms with Gasteiger partial charge in [0.1, 0.15) is 0 Å². The van der Waals surface area contributed by atoms with Crippen LogP contribution >= 0.6 is 0 Å². The fourth-order valence-electron chi connectivity index (χ4n) is 2.11. The summed E-state index contributed by atoms with van der Waals surface area (Å²) < 4.78 is 0. The van der Waals surface area contributed by atoms with Gasteiger partial charge in [0.05, 0.1) is 0 Å². The van der Waals surface area contributed by atoms with Crippen LogP contribution in [0, 0.1) is 13.8 Å². The molecule has 0 heterocycles. The number of hydrogen-bond acceptors (Lipinski definition) is 0. The van der Waals surface area contributed by atoms with Crippen molar-refractivity contribution in [2.45, 2.75) is 67.2 Å². The molecular weight excluding hydrogens is 264 g/mol. The Hall–Kier alpha value is -1.56. The number of benzene rings is 2. The summed E-state index contributed by atoms with van der Waals surface area (Å²) in [6.07, 6.45) is 9.00. The van der Waals surface area contributed by atoms with E-state index < -0.39 is 0 Å². The Morgan fingerprint density at radius 3 is 0.864 bits per heavy atom. The fraction of sp³-hybridized carbons (Fsp3) is 0.455. The summed E-state index contributed by atoms with van der Waals surface area (Å²) in [5, 5.41) is 0. The zero-order valence-electron chi connectivity index (χ0n) is 13.0. The molecule has 0 nitrogen and oxygen atoms in total. The average molecular weight is 301 g/mol. The second-order valence-electron chi connectivity index (χ2n) is 5.36. The van der Waals surface area contributed by atoms with Gasteiger partial charge in [0, 0.05) is 0 Å². The molecule has 1 aliphatic carbocycles. The van der Waals surface area contributed by atoms with E-state index >= 15 is 0 Å². The minimum absolute atomic E-state index is 0. The summed E-state index contributed by atoms with van der Waals surface area (Å²) in [7, 11) is 0. The summed E-state index contributed by atoms with van der Waals surface area (Å²) in [5.74, 6) is 0. The molecule has 0 aliphatic heterocycles. The Balaban J connectivity index is 0. The van der Waals surface area contributed by atoms with E-state index in [0.29, 0.717) is 0 Å². The number of rotatable bonds is 0. The molecule has 1 aliphatic rings. The SMILES string of the molecule is C.C.C1CCCCC1.Cc1ccccc1C.c1ccccc1. The van der Waals surface area contributed by atoms with Crippen LogP contribution < -0.4 is 0 Å². The first-order valence-corrected chi connectivity index (χ1v) is 7.83. The van der Waals surface area contributed by atoms with Crippen LogP contribution in [0.5, 0.6) is 0 Å². The van der Waals surface area contributed by atoms with E-state index in [-0.39, 0.29) is 14.9 Å². The number of aryl methyl sites for hydroxylation is 2. The predicted molar refractivity (Wildman–Crippen MR) is 104 cm³/mol. The largest absolute Gasteiger partial charge is 0.0776 e. The van der Waals surface area contributed by atoms with Crippen LogP contribution in [-0.4, -0.2) is 0 Å². The second-order valence-corrected chi connectivity index (χ2v) is 5.36. The summed E-state index contributed by atoms with van der Waals surface area (Å²) in [4.78, 5) is 0. The highest BCUT2D eigenvalue weighted by Gasteiger charge is 1.95. The standard InChI is InChI=1S/C8H10.C6H12.C6H6.2CH4/c1-7-5-3-4-6-8(7)2;2*1-2-4-6-5-3-1;;/h3-6H,1-2H3;1-6H2;1-6H;2*1H4. The molecule has 0 N–H and O–H groups in total. The minimum atomic E-state index is 0. The van der Waals surface area contributed by atoms with Gasteiger partial charge in [0.25, 0.3) is 0 Å². The maximum absolute atomic E-state index is 2.12. The van der Waals surface area contributed by atoms with Gasteiger partial charge in [-0.05, 0) is 25.0 Å². The van der Waals surface area contributed by atoms with Crippen molar-refractivity contribution in [2.75, 3.05) is 0 Å². The van der Waals surface area contributed by atoms with Crippen LogP contribution in [0.15, 0.2) is 60.7 Å². The lowest BCUT2D eigenvalue weighted by atomic mass is 10.0. The van der Waals surface area contributed by atoms with Crippen LogP contribution in [-0.2, 0) is 0 Å².